The van der Waals surface area contributed by atoms with Gasteiger partial charge in [-0.3, -0.25) is 0 Å². The molecule has 0 bridgehead atoms. The molecule has 0 saturated heterocycles. The normalized spacial score (nSPS) is 12.0. The van der Waals surface area contributed by atoms with E-state index in [1.165, 1.54) is 0 Å². The largest absolute Gasteiger partial charge is 0.500 e. The molecule has 0 fully saturated rings. The van der Waals surface area contributed by atoms with Gasteiger partial charge in [-0.15, -0.1) is 0 Å². The molecule has 0 unspecified atom stereocenters. The molecule has 0 atom stereocenters. The molecule has 6 heteroatoms. The van der Waals surface area contributed by atoms with Gasteiger partial charge in [0.2, 0.25) is 0 Å². The lowest BCUT2D eigenvalue weighted by atomic mass is 10.5. The van der Waals surface area contributed by atoms with E-state index in [2.05, 4.69) is 5.32 Å². The Morgan fingerprint density at radius 2 is 1.87 bits per heavy atom. The summed E-state index contributed by atoms with van der Waals surface area (Å²) in [6.45, 7) is 1.54. The lowest BCUT2D eigenvalue weighted by Crippen LogP contribution is -2.44. The molecule has 2 N–H and O–H groups in total. The van der Waals surface area contributed by atoms with Crippen molar-refractivity contribution >= 4 is 8.80 Å². The van der Waals surface area contributed by atoms with Crippen molar-refractivity contribution < 1.29 is 18.4 Å². The molecule has 15 heavy (non-hydrogen) atoms. The molecular weight excluding hydrogens is 214 g/mol. The third kappa shape index (κ3) is 6.24. The summed E-state index contributed by atoms with van der Waals surface area (Å²) in [5.41, 5.74) is 0. The van der Waals surface area contributed by atoms with E-state index < -0.39 is 8.80 Å². The van der Waals surface area contributed by atoms with Crippen LogP contribution in [0.15, 0.2) is 0 Å². The number of nitrogens with one attached hydrogen (secondary N) is 1. The molecule has 92 valence electrons. The second-order valence-electron chi connectivity index (χ2n) is 3.22. The fourth-order valence-electron chi connectivity index (χ4n) is 1.25. The van der Waals surface area contributed by atoms with E-state index in [0.717, 1.165) is 19.0 Å². The molecule has 0 rings (SSSR count). The Bertz CT molecular complexity index is 132. The van der Waals surface area contributed by atoms with E-state index >= 15 is 0 Å². The van der Waals surface area contributed by atoms with Crippen LogP contribution in [0.1, 0.15) is 12.8 Å². The van der Waals surface area contributed by atoms with Crippen molar-refractivity contribution in [3.8, 4) is 0 Å². The highest BCUT2D eigenvalue weighted by Gasteiger charge is 2.37. The molecule has 0 spiro atoms. The number of aliphatic hydroxyl groups is 1. The van der Waals surface area contributed by atoms with Gasteiger partial charge in [-0.2, -0.15) is 0 Å². The number of hydrogen-bond donors (Lipinski definition) is 2. The van der Waals surface area contributed by atoms with E-state index in [0.29, 0.717) is 13.0 Å². The van der Waals surface area contributed by atoms with Crippen molar-refractivity contribution in [2.24, 2.45) is 0 Å². The fourth-order valence-corrected chi connectivity index (χ4v) is 3.27. The average Bonchev–Trinajstić information content (AvgIpc) is 2.28. The number of aliphatic hydroxyl groups excluding tert-OH is 1. The first-order chi connectivity index (χ1) is 7.24. The smallest absolute Gasteiger partial charge is 0.396 e. The summed E-state index contributed by atoms with van der Waals surface area (Å²) in [4.78, 5) is 0. The minimum Gasteiger partial charge on any atom is -0.396 e. The average molecular weight is 237 g/mol. The van der Waals surface area contributed by atoms with Gasteiger partial charge in [0, 0.05) is 33.5 Å². The zero-order valence-electron chi connectivity index (χ0n) is 9.91. The van der Waals surface area contributed by atoms with Crippen LogP contribution in [-0.2, 0) is 13.3 Å². The topological polar surface area (TPSA) is 60.0 Å². The Labute approximate surface area is 93.1 Å². The van der Waals surface area contributed by atoms with Crippen molar-refractivity contribution in [3.05, 3.63) is 0 Å². The Morgan fingerprint density at radius 3 is 2.33 bits per heavy atom. The maximum absolute atomic E-state index is 8.67. The van der Waals surface area contributed by atoms with Crippen molar-refractivity contribution in [2.45, 2.75) is 18.9 Å². The van der Waals surface area contributed by atoms with Gasteiger partial charge in [0.25, 0.3) is 0 Å². The van der Waals surface area contributed by atoms with Crippen LogP contribution >= 0.6 is 0 Å². The second kappa shape index (κ2) is 9.26. The van der Waals surface area contributed by atoms with Crippen LogP contribution in [0.4, 0.5) is 0 Å². The van der Waals surface area contributed by atoms with Gasteiger partial charge in [-0.1, -0.05) is 0 Å². The number of rotatable bonds is 10. The zero-order chi connectivity index (χ0) is 11.6. The maximum Gasteiger partial charge on any atom is 0.500 e. The van der Waals surface area contributed by atoms with Crippen molar-refractivity contribution in [2.75, 3.05) is 41.0 Å². The van der Waals surface area contributed by atoms with Crippen LogP contribution in [0, 0.1) is 0 Å². The third-order valence-electron chi connectivity index (χ3n) is 2.16. The van der Waals surface area contributed by atoms with Gasteiger partial charge in [-0.25, -0.2) is 0 Å². The van der Waals surface area contributed by atoms with Crippen LogP contribution in [0.2, 0.25) is 6.04 Å². The first-order valence-electron chi connectivity index (χ1n) is 5.24. The van der Waals surface area contributed by atoms with E-state index in [-0.39, 0.29) is 6.61 Å². The molecule has 0 aromatic carbocycles. The SMILES string of the molecule is CNCCC[Si](OC)(OC)OCCCO. The summed E-state index contributed by atoms with van der Waals surface area (Å²) < 4.78 is 16.4. The molecule has 0 aromatic heterocycles. The Balaban J connectivity index is 3.93. The highest BCUT2D eigenvalue weighted by atomic mass is 28.4. The predicted molar refractivity (Wildman–Crippen MR) is 60.8 cm³/mol. The van der Waals surface area contributed by atoms with E-state index in [9.17, 15) is 0 Å². The monoisotopic (exact) mass is 237 g/mol. The first-order valence-corrected chi connectivity index (χ1v) is 7.17. The van der Waals surface area contributed by atoms with Gasteiger partial charge in [0.05, 0.1) is 0 Å². The molecule has 0 saturated carbocycles. The van der Waals surface area contributed by atoms with Gasteiger partial charge in [0.15, 0.2) is 0 Å². The predicted octanol–water partition coefficient (Wildman–Crippen LogP) is 0.227. The molecule has 0 aliphatic carbocycles. The van der Waals surface area contributed by atoms with Crippen LogP contribution in [0.25, 0.3) is 0 Å². The minimum atomic E-state index is -2.47. The Kier molecular flexibility index (Phi) is 9.27. The highest BCUT2D eigenvalue weighted by Crippen LogP contribution is 2.15. The van der Waals surface area contributed by atoms with Gasteiger partial charge in [-0.05, 0) is 26.4 Å². The van der Waals surface area contributed by atoms with Gasteiger partial charge < -0.3 is 23.7 Å². The second-order valence-corrected chi connectivity index (χ2v) is 6.20. The summed E-state index contributed by atoms with van der Waals surface area (Å²) in [6, 6.07) is 0.798. The van der Waals surface area contributed by atoms with Crippen LogP contribution in [0.5, 0.6) is 0 Å². The van der Waals surface area contributed by atoms with Crippen molar-refractivity contribution in [1.29, 1.82) is 0 Å². The van der Waals surface area contributed by atoms with Crippen molar-refractivity contribution in [1.82, 2.24) is 5.32 Å². The Hall–Kier alpha value is 0.0169. The van der Waals surface area contributed by atoms with Gasteiger partial charge >= 0.3 is 8.80 Å². The molecule has 0 aliphatic heterocycles. The summed E-state index contributed by atoms with van der Waals surface area (Å²) >= 11 is 0. The van der Waals surface area contributed by atoms with E-state index in [1.54, 1.807) is 14.2 Å². The van der Waals surface area contributed by atoms with Gasteiger partial charge in [0.1, 0.15) is 0 Å². The molecular formula is C9H23NO4Si. The first kappa shape index (κ1) is 15.0. The molecule has 0 aromatic rings. The summed E-state index contributed by atoms with van der Waals surface area (Å²) in [7, 11) is 2.68. The number of hydrogen-bond acceptors (Lipinski definition) is 5. The third-order valence-corrected chi connectivity index (χ3v) is 5.01. The molecule has 0 heterocycles. The highest BCUT2D eigenvalue weighted by molar-refractivity contribution is 6.60. The quantitative estimate of drug-likeness (QED) is 0.421. The summed E-state index contributed by atoms with van der Waals surface area (Å²) in [5.74, 6) is 0. The fraction of sp³-hybridized carbons (Fsp3) is 1.00. The minimum absolute atomic E-state index is 0.133. The summed E-state index contributed by atoms with van der Waals surface area (Å²) in [6.07, 6.45) is 1.58. The lowest BCUT2D eigenvalue weighted by molar-refractivity contribution is 0.0905. The zero-order valence-corrected chi connectivity index (χ0v) is 10.9. The summed E-state index contributed by atoms with van der Waals surface area (Å²) in [5, 5.41) is 11.7. The van der Waals surface area contributed by atoms with E-state index in [4.69, 9.17) is 18.4 Å². The van der Waals surface area contributed by atoms with Crippen LogP contribution < -0.4 is 5.32 Å². The molecule has 0 radical (unpaired) electrons. The van der Waals surface area contributed by atoms with Crippen molar-refractivity contribution in [3.63, 3.8) is 0 Å². The maximum atomic E-state index is 8.67. The van der Waals surface area contributed by atoms with Crippen LogP contribution in [-0.4, -0.2) is 54.9 Å². The Morgan fingerprint density at radius 1 is 1.20 bits per heavy atom. The molecule has 0 aliphatic rings. The lowest BCUT2D eigenvalue weighted by Gasteiger charge is -2.26. The molecule has 5 nitrogen and oxygen atoms in total. The van der Waals surface area contributed by atoms with E-state index in [1.807, 2.05) is 7.05 Å². The van der Waals surface area contributed by atoms with Crippen LogP contribution in [0.3, 0.4) is 0 Å². The molecule has 0 amide bonds. The standard InChI is InChI=1S/C9H23NO4Si/c1-10-6-4-9-15(12-2,13-3)14-8-5-7-11/h10-11H,4-9H2,1-3H3.